The van der Waals surface area contributed by atoms with Crippen LogP contribution in [-0.2, 0) is 11.3 Å². The van der Waals surface area contributed by atoms with Crippen LogP contribution >= 0.6 is 15.9 Å². The van der Waals surface area contributed by atoms with Gasteiger partial charge in [-0.15, -0.1) is 0 Å². The molecule has 0 aliphatic carbocycles. The van der Waals surface area contributed by atoms with Gasteiger partial charge in [0.1, 0.15) is 11.8 Å². The van der Waals surface area contributed by atoms with Crippen molar-refractivity contribution in [2.75, 3.05) is 7.11 Å². The van der Waals surface area contributed by atoms with Crippen LogP contribution in [0.4, 0.5) is 0 Å². The summed E-state index contributed by atoms with van der Waals surface area (Å²) in [7, 11) is 1.61. The van der Waals surface area contributed by atoms with Crippen LogP contribution in [0.3, 0.4) is 0 Å². The van der Waals surface area contributed by atoms with Gasteiger partial charge in [0.15, 0.2) is 0 Å². The molecule has 0 heterocycles. The van der Waals surface area contributed by atoms with Crippen molar-refractivity contribution < 1.29 is 14.6 Å². The predicted molar refractivity (Wildman–Crippen MR) is 78.4 cm³/mol. The Morgan fingerprint density at radius 2 is 2.16 bits per heavy atom. The Morgan fingerprint density at radius 3 is 2.68 bits per heavy atom. The number of hydrogen-bond acceptors (Lipinski definition) is 3. The highest BCUT2D eigenvalue weighted by atomic mass is 79.9. The van der Waals surface area contributed by atoms with Crippen LogP contribution in [0, 0.1) is 5.92 Å². The lowest BCUT2D eigenvalue weighted by molar-refractivity contribution is -0.140. The van der Waals surface area contributed by atoms with Gasteiger partial charge in [0.05, 0.1) is 7.11 Å². The monoisotopic (exact) mass is 329 g/mol. The Balaban J connectivity index is 2.73. The number of halogens is 1. The lowest BCUT2D eigenvalue weighted by Crippen LogP contribution is -2.37. The molecule has 0 radical (unpaired) electrons. The number of benzene rings is 1. The summed E-state index contributed by atoms with van der Waals surface area (Å²) in [6.45, 7) is 4.49. The molecule has 0 spiro atoms. The van der Waals surface area contributed by atoms with E-state index in [0.717, 1.165) is 15.8 Å². The van der Waals surface area contributed by atoms with Crippen molar-refractivity contribution in [3.8, 4) is 5.75 Å². The van der Waals surface area contributed by atoms with Gasteiger partial charge in [-0.05, 0) is 30.5 Å². The number of aliphatic carboxylic acids is 1. The Labute approximate surface area is 122 Å². The maximum absolute atomic E-state index is 11.2. The van der Waals surface area contributed by atoms with Crippen molar-refractivity contribution in [1.29, 1.82) is 0 Å². The first kappa shape index (κ1) is 16.0. The molecule has 19 heavy (non-hydrogen) atoms. The number of carboxylic acids is 1. The second kappa shape index (κ2) is 7.50. The van der Waals surface area contributed by atoms with Gasteiger partial charge in [-0.3, -0.25) is 4.79 Å². The van der Waals surface area contributed by atoms with Gasteiger partial charge < -0.3 is 15.2 Å². The highest BCUT2D eigenvalue weighted by Gasteiger charge is 2.18. The van der Waals surface area contributed by atoms with E-state index in [1.807, 2.05) is 32.0 Å². The molecule has 1 aromatic carbocycles. The number of nitrogens with one attached hydrogen (secondary N) is 1. The third kappa shape index (κ3) is 5.20. The predicted octanol–water partition coefficient (Wildman–Crippen LogP) is 3.05. The maximum Gasteiger partial charge on any atom is 0.320 e. The smallest absolute Gasteiger partial charge is 0.320 e. The average molecular weight is 330 g/mol. The van der Waals surface area contributed by atoms with Gasteiger partial charge in [-0.2, -0.15) is 0 Å². The van der Waals surface area contributed by atoms with E-state index in [1.54, 1.807) is 7.11 Å². The molecule has 1 atom stereocenters. The fourth-order valence-electron chi connectivity index (χ4n) is 1.86. The Hall–Kier alpha value is -1.07. The van der Waals surface area contributed by atoms with Crippen LogP contribution in [0.25, 0.3) is 0 Å². The summed E-state index contributed by atoms with van der Waals surface area (Å²) in [5, 5.41) is 12.2. The van der Waals surface area contributed by atoms with Crippen LogP contribution < -0.4 is 10.1 Å². The van der Waals surface area contributed by atoms with E-state index in [-0.39, 0.29) is 0 Å². The summed E-state index contributed by atoms with van der Waals surface area (Å²) in [6, 6.07) is 5.15. The second-order valence-electron chi connectivity index (χ2n) is 4.86. The van der Waals surface area contributed by atoms with Gasteiger partial charge in [0.2, 0.25) is 0 Å². The molecule has 0 fully saturated rings. The van der Waals surface area contributed by atoms with Crippen molar-refractivity contribution in [2.24, 2.45) is 5.92 Å². The largest absolute Gasteiger partial charge is 0.496 e. The molecule has 0 bridgehead atoms. The molecule has 0 amide bonds. The van der Waals surface area contributed by atoms with E-state index < -0.39 is 12.0 Å². The van der Waals surface area contributed by atoms with Crippen molar-refractivity contribution in [3.63, 3.8) is 0 Å². The first-order chi connectivity index (χ1) is 8.93. The minimum Gasteiger partial charge on any atom is -0.496 e. The average Bonchev–Trinajstić information content (AvgIpc) is 2.34. The lowest BCUT2D eigenvalue weighted by atomic mass is 10.0. The zero-order valence-electron chi connectivity index (χ0n) is 11.4. The van der Waals surface area contributed by atoms with Crippen molar-refractivity contribution in [2.45, 2.75) is 32.9 Å². The van der Waals surface area contributed by atoms with E-state index in [9.17, 15) is 9.90 Å². The molecule has 1 aromatic rings. The van der Waals surface area contributed by atoms with E-state index in [2.05, 4.69) is 21.2 Å². The molecule has 5 heteroatoms. The number of ether oxygens (including phenoxy) is 1. The van der Waals surface area contributed by atoms with Crippen molar-refractivity contribution in [3.05, 3.63) is 28.2 Å². The highest BCUT2D eigenvalue weighted by Crippen LogP contribution is 2.23. The van der Waals surface area contributed by atoms with Crippen LogP contribution in [0.5, 0.6) is 5.75 Å². The summed E-state index contributed by atoms with van der Waals surface area (Å²) in [5.74, 6) is 0.269. The Kier molecular flexibility index (Phi) is 6.31. The molecule has 0 saturated carbocycles. The topological polar surface area (TPSA) is 58.6 Å². The van der Waals surface area contributed by atoms with Gasteiger partial charge in [-0.1, -0.05) is 29.8 Å². The second-order valence-corrected chi connectivity index (χ2v) is 5.77. The third-order valence-electron chi connectivity index (χ3n) is 2.79. The van der Waals surface area contributed by atoms with Gasteiger partial charge in [0, 0.05) is 16.6 Å². The first-order valence-corrected chi connectivity index (χ1v) is 7.02. The fourth-order valence-corrected chi connectivity index (χ4v) is 2.27. The Bertz CT molecular complexity index is 435. The molecule has 4 nitrogen and oxygen atoms in total. The normalized spacial score (nSPS) is 12.5. The van der Waals surface area contributed by atoms with Crippen LogP contribution in [0.1, 0.15) is 25.8 Å². The van der Waals surface area contributed by atoms with E-state index in [1.165, 1.54) is 0 Å². The van der Waals surface area contributed by atoms with Crippen LogP contribution in [0.2, 0.25) is 0 Å². The summed E-state index contributed by atoms with van der Waals surface area (Å²) in [6.07, 6.45) is 0.603. The summed E-state index contributed by atoms with van der Waals surface area (Å²) in [5.41, 5.74) is 0.937. The molecule has 1 unspecified atom stereocenters. The number of hydrogen-bond donors (Lipinski definition) is 2. The van der Waals surface area contributed by atoms with Crippen LogP contribution in [0.15, 0.2) is 22.7 Å². The SMILES string of the molecule is COc1ccc(Br)cc1CNC(CC(C)C)C(=O)O. The zero-order chi connectivity index (χ0) is 14.4. The highest BCUT2D eigenvalue weighted by molar-refractivity contribution is 9.10. The maximum atomic E-state index is 11.2. The molecule has 0 aliphatic heterocycles. The Morgan fingerprint density at radius 1 is 1.47 bits per heavy atom. The molecule has 106 valence electrons. The number of carboxylic acid groups (broad SMARTS) is 1. The molecular weight excluding hydrogens is 310 g/mol. The lowest BCUT2D eigenvalue weighted by Gasteiger charge is -2.17. The third-order valence-corrected chi connectivity index (χ3v) is 3.28. The molecule has 0 saturated heterocycles. The molecule has 2 N–H and O–H groups in total. The van der Waals surface area contributed by atoms with Gasteiger partial charge >= 0.3 is 5.97 Å². The minimum absolute atomic E-state index is 0.331. The van der Waals surface area contributed by atoms with Crippen molar-refractivity contribution in [1.82, 2.24) is 5.32 Å². The fraction of sp³-hybridized carbons (Fsp3) is 0.500. The van der Waals surface area contributed by atoms with Gasteiger partial charge in [0.25, 0.3) is 0 Å². The number of carbonyl (C=O) groups is 1. The first-order valence-electron chi connectivity index (χ1n) is 6.22. The molecule has 1 rings (SSSR count). The summed E-state index contributed by atoms with van der Waals surface area (Å²) >= 11 is 3.40. The van der Waals surface area contributed by atoms with E-state index in [0.29, 0.717) is 18.9 Å². The summed E-state index contributed by atoms with van der Waals surface area (Å²) in [4.78, 5) is 11.2. The molecule has 0 aromatic heterocycles. The summed E-state index contributed by atoms with van der Waals surface area (Å²) < 4.78 is 6.21. The van der Waals surface area contributed by atoms with E-state index in [4.69, 9.17) is 4.74 Å². The van der Waals surface area contributed by atoms with Crippen molar-refractivity contribution >= 4 is 21.9 Å². The van der Waals surface area contributed by atoms with Crippen LogP contribution in [-0.4, -0.2) is 24.2 Å². The zero-order valence-corrected chi connectivity index (χ0v) is 13.0. The minimum atomic E-state index is -0.817. The number of rotatable bonds is 7. The van der Waals surface area contributed by atoms with Gasteiger partial charge in [-0.25, -0.2) is 0 Å². The standard InChI is InChI=1S/C14H20BrNO3/c1-9(2)6-12(14(17)18)16-8-10-7-11(15)4-5-13(10)19-3/h4-5,7,9,12,16H,6,8H2,1-3H3,(H,17,18). The van der Waals surface area contributed by atoms with E-state index >= 15 is 0 Å². The molecule has 0 aliphatic rings. The number of methoxy groups -OCH3 is 1. The quantitative estimate of drug-likeness (QED) is 0.807. The molecular formula is C14H20BrNO3.